The van der Waals surface area contributed by atoms with E-state index in [1.54, 1.807) is 7.05 Å². The summed E-state index contributed by atoms with van der Waals surface area (Å²) in [6.45, 7) is 0.221. The Labute approximate surface area is 125 Å². The Kier molecular flexibility index (Phi) is 4.93. The maximum Gasteiger partial charge on any atom is 0.259 e. The topological polar surface area (TPSA) is 73.4 Å². The molecule has 0 aliphatic carbocycles. The number of nitrogens with one attached hydrogen (secondary N) is 1. The van der Waals surface area contributed by atoms with Crippen LogP contribution < -0.4 is 5.43 Å². The summed E-state index contributed by atoms with van der Waals surface area (Å²) >= 11 is 1.48. The molecule has 0 fully saturated rings. The molecule has 21 heavy (non-hydrogen) atoms. The molecular weight excluding hydrogens is 288 g/mol. The van der Waals surface area contributed by atoms with Gasteiger partial charge in [0.25, 0.3) is 5.91 Å². The van der Waals surface area contributed by atoms with Crippen molar-refractivity contribution < 1.29 is 9.90 Å². The Balaban J connectivity index is 2.09. The normalized spacial score (nSPS) is 9.81. The molecule has 0 spiro atoms. The fraction of sp³-hybridized carbons (Fsp3) is 0.200. The first kappa shape index (κ1) is 15.0. The van der Waals surface area contributed by atoms with Crippen molar-refractivity contribution >= 4 is 17.2 Å². The number of nitrogens with zero attached hydrogens (tertiary/aromatic N) is 1. The minimum atomic E-state index is -0.326. The Morgan fingerprint density at radius 1 is 1.52 bits per heavy atom. The molecule has 0 unspecified atom stereocenters. The van der Waals surface area contributed by atoms with Crippen molar-refractivity contribution in [1.29, 1.82) is 0 Å². The highest BCUT2D eigenvalue weighted by molar-refractivity contribution is 7.10. The number of thiophene rings is 1. The number of aliphatic hydroxyl groups excluding tert-OH is 1. The van der Waals surface area contributed by atoms with Crippen LogP contribution in [0.5, 0.6) is 0 Å². The van der Waals surface area contributed by atoms with E-state index in [0.29, 0.717) is 6.54 Å². The molecule has 0 aliphatic heterocycles. The number of aromatic nitrogens is 1. The SMILES string of the molecule is CN(Cc1cc(C#CCO)cs1)C(=O)c1c[nH]ccc1=O. The molecule has 0 aliphatic rings. The lowest BCUT2D eigenvalue weighted by atomic mass is 10.2. The zero-order valence-electron chi connectivity index (χ0n) is 11.4. The van der Waals surface area contributed by atoms with Crippen molar-refractivity contribution in [1.82, 2.24) is 9.88 Å². The minimum Gasteiger partial charge on any atom is -0.384 e. The molecule has 0 atom stereocenters. The maximum absolute atomic E-state index is 12.2. The summed E-state index contributed by atoms with van der Waals surface area (Å²) in [5.74, 6) is 5.06. The number of carbonyl (C=O) groups excluding carboxylic acids is 1. The number of H-pyrrole nitrogens is 1. The zero-order chi connectivity index (χ0) is 15.2. The van der Waals surface area contributed by atoms with Gasteiger partial charge in [-0.1, -0.05) is 11.8 Å². The third-order valence-electron chi connectivity index (χ3n) is 2.76. The smallest absolute Gasteiger partial charge is 0.259 e. The van der Waals surface area contributed by atoms with E-state index in [1.807, 2.05) is 11.4 Å². The average molecular weight is 302 g/mol. The Morgan fingerprint density at radius 3 is 3.05 bits per heavy atom. The lowest BCUT2D eigenvalue weighted by Gasteiger charge is -2.15. The van der Waals surface area contributed by atoms with Gasteiger partial charge in [0.1, 0.15) is 12.2 Å². The highest BCUT2D eigenvalue weighted by Crippen LogP contribution is 2.16. The van der Waals surface area contributed by atoms with Crippen molar-refractivity contribution in [2.24, 2.45) is 0 Å². The summed E-state index contributed by atoms with van der Waals surface area (Å²) < 4.78 is 0. The molecule has 0 saturated carbocycles. The molecule has 2 aromatic rings. The number of pyridine rings is 1. The molecule has 2 aromatic heterocycles. The standard InChI is InChI=1S/C15H14N2O3S/c1-17(15(20)13-8-16-5-4-14(13)19)9-12-7-11(10-21-12)3-2-6-18/h4-5,7-8,10,18H,6,9H2,1H3,(H,16,19). The van der Waals surface area contributed by atoms with Crippen LogP contribution in [0.2, 0.25) is 0 Å². The van der Waals surface area contributed by atoms with Crippen LogP contribution in [0.25, 0.3) is 0 Å². The second-order valence-electron chi connectivity index (χ2n) is 4.35. The van der Waals surface area contributed by atoms with Crippen LogP contribution in [0.1, 0.15) is 20.8 Å². The van der Waals surface area contributed by atoms with Gasteiger partial charge in [0.15, 0.2) is 5.43 Å². The molecule has 5 nitrogen and oxygen atoms in total. The molecular formula is C15H14N2O3S. The average Bonchev–Trinajstić information content (AvgIpc) is 2.92. The van der Waals surface area contributed by atoms with E-state index in [9.17, 15) is 9.59 Å². The van der Waals surface area contributed by atoms with Crippen LogP contribution in [0.15, 0.2) is 34.7 Å². The van der Waals surface area contributed by atoms with Gasteiger partial charge in [0.05, 0.1) is 6.54 Å². The van der Waals surface area contributed by atoms with Crippen molar-refractivity contribution in [3.05, 3.63) is 56.1 Å². The van der Waals surface area contributed by atoms with Crippen molar-refractivity contribution in [3.8, 4) is 11.8 Å². The summed E-state index contributed by atoms with van der Waals surface area (Å²) in [5.41, 5.74) is 0.630. The van der Waals surface area contributed by atoms with E-state index in [4.69, 9.17) is 5.11 Å². The lowest BCUT2D eigenvalue weighted by molar-refractivity contribution is 0.0785. The predicted octanol–water partition coefficient (Wildman–Crippen LogP) is 1.05. The number of hydrogen-bond acceptors (Lipinski definition) is 4. The second-order valence-corrected chi connectivity index (χ2v) is 5.34. The van der Waals surface area contributed by atoms with Crippen molar-refractivity contribution in [2.75, 3.05) is 13.7 Å². The first-order valence-electron chi connectivity index (χ1n) is 6.21. The van der Waals surface area contributed by atoms with Crippen LogP contribution in [0.3, 0.4) is 0 Å². The summed E-state index contributed by atoms with van der Waals surface area (Å²) in [6, 6.07) is 3.20. The molecule has 0 aromatic carbocycles. The van der Waals surface area contributed by atoms with E-state index in [0.717, 1.165) is 10.4 Å². The lowest BCUT2D eigenvalue weighted by Crippen LogP contribution is -2.30. The number of amides is 1. The summed E-state index contributed by atoms with van der Waals surface area (Å²) in [6.07, 6.45) is 2.90. The molecule has 2 rings (SSSR count). The van der Waals surface area contributed by atoms with Crippen molar-refractivity contribution in [2.45, 2.75) is 6.54 Å². The molecule has 2 heterocycles. The van der Waals surface area contributed by atoms with Gasteiger partial charge in [-0.3, -0.25) is 9.59 Å². The van der Waals surface area contributed by atoms with Crippen LogP contribution in [-0.2, 0) is 6.54 Å². The first-order chi connectivity index (χ1) is 10.1. The number of carbonyl (C=O) groups is 1. The van der Waals surface area contributed by atoms with Gasteiger partial charge < -0.3 is 15.0 Å². The summed E-state index contributed by atoms with van der Waals surface area (Å²) in [7, 11) is 1.65. The molecule has 108 valence electrons. The van der Waals surface area contributed by atoms with Crippen LogP contribution in [0, 0.1) is 11.8 Å². The molecule has 0 radical (unpaired) electrons. The van der Waals surface area contributed by atoms with E-state index >= 15 is 0 Å². The third kappa shape index (κ3) is 3.81. The molecule has 2 N–H and O–H groups in total. The number of aliphatic hydroxyl groups is 1. The molecule has 0 bridgehead atoms. The van der Waals surface area contributed by atoms with Gasteiger partial charge in [0.2, 0.25) is 0 Å². The van der Waals surface area contributed by atoms with Crippen LogP contribution in [0.4, 0.5) is 0 Å². The summed E-state index contributed by atoms with van der Waals surface area (Å²) in [5, 5.41) is 10.5. The third-order valence-corrected chi connectivity index (χ3v) is 3.68. The fourth-order valence-corrected chi connectivity index (χ4v) is 2.63. The van der Waals surface area contributed by atoms with Gasteiger partial charge in [-0.15, -0.1) is 11.3 Å². The Bertz CT molecular complexity index is 752. The quantitative estimate of drug-likeness (QED) is 0.832. The van der Waals surface area contributed by atoms with Gasteiger partial charge >= 0.3 is 0 Å². The van der Waals surface area contributed by atoms with E-state index in [2.05, 4.69) is 16.8 Å². The van der Waals surface area contributed by atoms with Gasteiger partial charge in [-0.25, -0.2) is 0 Å². The summed E-state index contributed by atoms with van der Waals surface area (Å²) in [4.78, 5) is 29.0. The first-order valence-corrected chi connectivity index (χ1v) is 7.09. The second kappa shape index (κ2) is 6.88. The van der Waals surface area contributed by atoms with Gasteiger partial charge in [-0.05, 0) is 6.07 Å². The number of hydrogen-bond donors (Lipinski definition) is 2. The maximum atomic E-state index is 12.2. The van der Waals surface area contributed by atoms with E-state index in [-0.39, 0.29) is 23.5 Å². The van der Waals surface area contributed by atoms with Crippen molar-refractivity contribution in [3.63, 3.8) is 0 Å². The zero-order valence-corrected chi connectivity index (χ0v) is 12.2. The molecule has 6 heteroatoms. The van der Waals surface area contributed by atoms with Gasteiger partial charge in [0, 0.05) is 41.3 Å². The Morgan fingerprint density at radius 2 is 2.33 bits per heavy atom. The number of aromatic amines is 1. The predicted molar refractivity (Wildman–Crippen MR) is 81.1 cm³/mol. The van der Waals surface area contributed by atoms with Crippen LogP contribution in [-0.4, -0.2) is 34.6 Å². The highest BCUT2D eigenvalue weighted by Gasteiger charge is 2.15. The molecule has 1 amide bonds. The highest BCUT2D eigenvalue weighted by atomic mass is 32.1. The van der Waals surface area contributed by atoms with Crippen LogP contribution >= 0.6 is 11.3 Å². The van der Waals surface area contributed by atoms with Gasteiger partial charge in [-0.2, -0.15) is 0 Å². The Hall–Kier alpha value is -2.36. The minimum absolute atomic E-state index is 0.122. The number of rotatable bonds is 3. The van der Waals surface area contributed by atoms with E-state index in [1.165, 1.54) is 34.7 Å². The van der Waals surface area contributed by atoms with E-state index < -0.39 is 0 Å². The monoisotopic (exact) mass is 302 g/mol. The molecule has 0 saturated heterocycles. The fourth-order valence-electron chi connectivity index (χ4n) is 1.77. The largest absolute Gasteiger partial charge is 0.384 e.